The molecule has 2 unspecified atom stereocenters. The number of guanidine groups is 2. The highest BCUT2D eigenvalue weighted by molar-refractivity contribution is 6.03. The van der Waals surface area contributed by atoms with Crippen LogP contribution in [0, 0.1) is 5.82 Å². The number of aliphatic imine (C=N–C) groups is 2. The van der Waals surface area contributed by atoms with E-state index < -0.39 is 0 Å². The van der Waals surface area contributed by atoms with Gasteiger partial charge in [0.25, 0.3) is 0 Å². The van der Waals surface area contributed by atoms with E-state index in [-0.39, 0.29) is 5.82 Å². The van der Waals surface area contributed by atoms with Crippen molar-refractivity contribution in [1.82, 2.24) is 0 Å². The number of hydrogen-bond donors (Lipinski definition) is 2. The third-order valence-corrected chi connectivity index (χ3v) is 9.53. The van der Waals surface area contributed by atoms with Crippen molar-refractivity contribution >= 4 is 44.8 Å². The van der Waals surface area contributed by atoms with Crippen LogP contribution in [0.15, 0.2) is 137 Å². The zero-order valence-corrected chi connectivity index (χ0v) is 27.9. The molecule has 2 aliphatic rings. The van der Waals surface area contributed by atoms with E-state index in [1.54, 1.807) is 12.1 Å². The summed E-state index contributed by atoms with van der Waals surface area (Å²) in [6.45, 7) is 7.24. The molecule has 7 heteroatoms. The van der Waals surface area contributed by atoms with Crippen molar-refractivity contribution in [2.75, 3.05) is 22.9 Å². The quantitative estimate of drug-likeness (QED) is 0.148. The third-order valence-electron chi connectivity index (χ3n) is 9.53. The van der Waals surface area contributed by atoms with Crippen LogP contribution in [-0.4, -0.2) is 25.0 Å². The van der Waals surface area contributed by atoms with E-state index in [9.17, 15) is 4.39 Å². The number of rotatable bonds is 4. The molecule has 2 atom stereocenters. The number of nitrogens with zero attached hydrogens (tertiary/aromatic N) is 4. The van der Waals surface area contributed by atoms with Gasteiger partial charge in [-0.1, -0.05) is 117 Å². The summed E-state index contributed by atoms with van der Waals surface area (Å²) < 4.78 is 13.0. The first-order valence-electron chi connectivity index (χ1n) is 16.8. The molecule has 2 aliphatic heterocycles. The minimum Gasteiger partial charge on any atom is -0.370 e. The lowest BCUT2D eigenvalue weighted by Crippen LogP contribution is -2.36. The average Bonchev–Trinajstić information content (AvgIpc) is 3.67. The fraction of sp³-hybridized carbons (Fsp3) is 0.190. The molecule has 6 aromatic carbocycles. The van der Waals surface area contributed by atoms with Crippen molar-refractivity contribution < 1.29 is 4.39 Å². The maximum atomic E-state index is 13.0. The SMILES string of the molecule is CC1CN(C(N)=NCc2ccc(F)cc2)c2ccc3ccccc3c21.CC1CN(C(N)=NCc2ccccc2)c2ccc3ccccc3c21. The molecule has 0 saturated heterocycles. The van der Waals surface area contributed by atoms with Gasteiger partial charge in [-0.2, -0.15) is 0 Å². The molecule has 6 nitrogen and oxygen atoms in total. The molecule has 0 fully saturated rings. The summed E-state index contributed by atoms with van der Waals surface area (Å²) in [4.78, 5) is 13.4. The Morgan fingerprint density at radius 2 is 1.00 bits per heavy atom. The van der Waals surface area contributed by atoms with E-state index >= 15 is 0 Å². The Bertz CT molecular complexity index is 2160. The Balaban J connectivity index is 0.000000154. The summed E-state index contributed by atoms with van der Waals surface area (Å²) in [5.41, 5.74) is 19.7. The van der Waals surface area contributed by atoms with Crippen molar-refractivity contribution in [3.8, 4) is 0 Å². The van der Waals surface area contributed by atoms with Crippen LogP contribution in [0.4, 0.5) is 15.8 Å². The summed E-state index contributed by atoms with van der Waals surface area (Å²) in [5.74, 6) is 1.69. The van der Waals surface area contributed by atoms with Crippen LogP contribution in [-0.2, 0) is 13.1 Å². The first-order chi connectivity index (χ1) is 23.9. The molecule has 2 heterocycles. The molecule has 0 radical (unpaired) electrons. The maximum absolute atomic E-state index is 13.0. The monoisotopic (exact) mass is 648 g/mol. The highest BCUT2D eigenvalue weighted by Gasteiger charge is 2.30. The van der Waals surface area contributed by atoms with Crippen molar-refractivity contribution in [3.05, 3.63) is 155 Å². The number of anilines is 2. The lowest BCUT2D eigenvalue weighted by atomic mass is 9.96. The second-order valence-electron chi connectivity index (χ2n) is 12.9. The minimum absolute atomic E-state index is 0.241. The molecule has 0 aromatic heterocycles. The average molecular weight is 649 g/mol. The van der Waals surface area contributed by atoms with E-state index in [4.69, 9.17) is 11.5 Å². The first-order valence-corrected chi connectivity index (χ1v) is 16.8. The van der Waals surface area contributed by atoms with E-state index in [1.807, 2.05) is 18.2 Å². The van der Waals surface area contributed by atoms with Crippen LogP contribution in [0.3, 0.4) is 0 Å². The zero-order valence-electron chi connectivity index (χ0n) is 27.9. The van der Waals surface area contributed by atoms with Crippen molar-refractivity contribution in [3.63, 3.8) is 0 Å². The smallest absolute Gasteiger partial charge is 0.196 e. The van der Waals surface area contributed by atoms with Gasteiger partial charge < -0.3 is 21.3 Å². The molecule has 6 aromatic rings. The largest absolute Gasteiger partial charge is 0.370 e. The van der Waals surface area contributed by atoms with Gasteiger partial charge in [0.1, 0.15) is 5.82 Å². The zero-order chi connectivity index (χ0) is 33.9. The van der Waals surface area contributed by atoms with Gasteiger partial charge >= 0.3 is 0 Å². The van der Waals surface area contributed by atoms with E-state index in [0.717, 1.165) is 24.3 Å². The Morgan fingerprint density at radius 3 is 1.49 bits per heavy atom. The Hall–Kier alpha value is -5.69. The predicted molar refractivity (Wildman–Crippen MR) is 203 cm³/mol. The molecule has 4 N–H and O–H groups in total. The molecule has 0 aliphatic carbocycles. The van der Waals surface area contributed by atoms with Crippen LogP contribution in [0.1, 0.15) is 47.9 Å². The van der Waals surface area contributed by atoms with Crippen molar-refractivity contribution in [2.45, 2.75) is 38.8 Å². The number of hydrogen-bond acceptors (Lipinski definition) is 2. The van der Waals surface area contributed by atoms with Gasteiger partial charge in [0.05, 0.1) is 13.1 Å². The van der Waals surface area contributed by atoms with E-state index in [1.165, 1.54) is 56.1 Å². The third kappa shape index (κ3) is 6.57. The fourth-order valence-electron chi connectivity index (χ4n) is 7.12. The van der Waals surface area contributed by atoms with Crippen molar-refractivity contribution in [2.24, 2.45) is 21.5 Å². The van der Waals surface area contributed by atoms with Gasteiger partial charge in [0.2, 0.25) is 0 Å². The van der Waals surface area contributed by atoms with Crippen molar-refractivity contribution in [1.29, 1.82) is 0 Å². The summed E-state index contributed by atoms with van der Waals surface area (Å²) in [6, 6.07) is 42.2. The molecular formula is C42H41FN6. The molecular weight excluding hydrogens is 608 g/mol. The fourth-order valence-corrected chi connectivity index (χ4v) is 7.12. The maximum Gasteiger partial charge on any atom is 0.196 e. The molecule has 8 rings (SSSR count). The Morgan fingerprint density at radius 1 is 0.571 bits per heavy atom. The second-order valence-corrected chi connectivity index (χ2v) is 12.9. The van der Waals surface area contributed by atoms with Gasteiger partial charge in [-0.15, -0.1) is 0 Å². The summed E-state index contributed by atoms with van der Waals surface area (Å²) in [6.07, 6.45) is 0. The molecule has 246 valence electrons. The van der Waals surface area contributed by atoms with Crippen LogP contribution in [0.2, 0.25) is 0 Å². The first kappa shape index (κ1) is 31.9. The Kier molecular flexibility index (Phi) is 8.99. The lowest BCUT2D eigenvalue weighted by molar-refractivity contribution is 0.627. The summed E-state index contributed by atoms with van der Waals surface area (Å²) in [7, 11) is 0. The summed E-state index contributed by atoms with van der Waals surface area (Å²) in [5, 5.41) is 5.13. The van der Waals surface area contributed by atoms with Gasteiger partial charge in [0.15, 0.2) is 11.9 Å². The topological polar surface area (TPSA) is 83.2 Å². The van der Waals surface area contributed by atoms with E-state index in [2.05, 4.69) is 119 Å². The number of benzene rings is 6. The number of halogens is 1. The number of fused-ring (bicyclic) bond motifs is 6. The lowest BCUT2D eigenvalue weighted by Gasteiger charge is -2.18. The highest BCUT2D eigenvalue weighted by Crippen LogP contribution is 2.42. The van der Waals surface area contributed by atoms with Crippen LogP contribution < -0.4 is 21.3 Å². The molecule has 49 heavy (non-hydrogen) atoms. The standard InChI is InChI=1S/C21H20FN3.C21H21N3/c1-14-13-25(21(23)24-12-15-6-9-17(22)10-7-15)19-11-8-16-4-2-3-5-18(16)20(14)19;1-15-14-24(21(22)23-13-16-7-3-2-4-8-16)19-12-11-17-9-5-6-10-18(17)20(15)19/h2-11,14H,12-13H2,1H3,(H2,23,24);2-12,15H,13-14H2,1H3,(H2,22,23). The molecule has 0 spiro atoms. The van der Waals surface area contributed by atoms with Crippen LogP contribution >= 0.6 is 0 Å². The second kappa shape index (κ2) is 13.8. The molecule has 0 bridgehead atoms. The van der Waals surface area contributed by atoms with Gasteiger partial charge in [-0.3, -0.25) is 0 Å². The Labute approximate surface area is 287 Å². The van der Waals surface area contributed by atoms with Crippen LogP contribution in [0.25, 0.3) is 21.5 Å². The van der Waals surface area contributed by atoms with Gasteiger partial charge in [-0.05, 0) is 68.1 Å². The summed E-state index contributed by atoms with van der Waals surface area (Å²) >= 11 is 0. The predicted octanol–water partition coefficient (Wildman–Crippen LogP) is 8.70. The van der Waals surface area contributed by atoms with Gasteiger partial charge in [0, 0.05) is 36.3 Å². The minimum atomic E-state index is -0.241. The van der Waals surface area contributed by atoms with Gasteiger partial charge in [-0.25, -0.2) is 14.4 Å². The van der Waals surface area contributed by atoms with Crippen LogP contribution in [0.5, 0.6) is 0 Å². The van der Waals surface area contributed by atoms with E-state index in [0.29, 0.717) is 36.8 Å². The molecule has 0 saturated carbocycles. The number of nitrogens with two attached hydrogens (primary N) is 2. The normalized spacial score (nSPS) is 17.2. The molecule has 0 amide bonds. The highest BCUT2D eigenvalue weighted by atomic mass is 19.1.